The third kappa shape index (κ3) is 7.33. The maximum atomic E-state index is 12.6. The number of carboxylic acids is 1. The van der Waals surface area contributed by atoms with Crippen molar-refractivity contribution >= 4 is 29.6 Å². The minimum atomic E-state index is -5.19. The van der Waals surface area contributed by atoms with Crippen molar-refractivity contribution < 1.29 is 42.3 Å². The van der Waals surface area contributed by atoms with Crippen LogP contribution in [-0.4, -0.2) is 41.1 Å². The van der Waals surface area contributed by atoms with Crippen molar-refractivity contribution in [1.82, 2.24) is 0 Å². The number of carbonyl (C=O) groups is 2. The van der Waals surface area contributed by atoms with E-state index in [1.165, 1.54) is 7.11 Å². The zero-order valence-electron chi connectivity index (χ0n) is 17.9. The summed E-state index contributed by atoms with van der Waals surface area (Å²) in [4.78, 5) is 21.4. The van der Waals surface area contributed by atoms with E-state index in [4.69, 9.17) is 14.6 Å². The van der Waals surface area contributed by atoms with Gasteiger partial charge in [-0.2, -0.15) is 17.7 Å². The normalized spacial score (nSPS) is 12.1. The number of carboxylic acid groups (broad SMARTS) is 1. The molecule has 0 atom stereocenters. The maximum Gasteiger partial charge on any atom is 0.430 e. The molecule has 1 N–H and O–H groups in total. The van der Waals surface area contributed by atoms with Crippen LogP contribution >= 0.6 is 0 Å². The minimum Gasteiger partial charge on any atom is -0.542 e. The van der Waals surface area contributed by atoms with Crippen LogP contribution in [0.5, 0.6) is 0 Å². The lowest BCUT2D eigenvalue weighted by atomic mass is 10.1. The highest BCUT2D eigenvalue weighted by Crippen LogP contribution is 2.24. The van der Waals surface area contributed by atoms with Crippen molar-refractivity contribution in [2.24, 2.45) is 0 Å². The first kappa shape index (κ1) is 25.9. The first-order valence-electron chi connectivity index (χ1n) is 9.74. The zero-order chi connectivity index (χ0) is 25.1. The quantitative estimate of drug-likeness (QED) is 0.201. The van der Waals surface area contributed by atoms with Crippen LogP contribution in [0, 0.1) is 0 Å². The Balaban J connectivity index is 0.000000509. The number of esters is 1. The largest absolute Gasteiger partial charge is 0.542 e. The summed E-state index contributed by atoms with van der Waals surface area (Å²) in [6.45, 7) is 0. The van der Waals surface area contributed by atoms with Crippen LogP contribution in [0.25, 0.3) is 5.76 Å². The van der Waals surface area contributed by atoms with Gasteiger partial charge in [0.05, 0.1) is 7.11 Å². The predicted molar refractivity (Wildman–Crippen MR) is 117 cm³/mol. The molecule has 0 radical (unpaired) electrons. The van der Waals surface area contributed by atoms with Crippen LogP contribution in [0.1, 0.15) is 11.1 Å². The molecule has 0 spiro atoms. The summed E-state index contributed by atoms with van der Waals surface area (Å²) in [5, 5.41) is 19.7. The molecular formula is C25H20F3NO5. The van der Waals surface area contributed by atoms with E-state index in [1.807, 2.05) is 66.7 Å². The summed E-state index contributed by atoms with van der Waals surface area (Å²) in [6.07, 6.45) is -3.40. The molecule has 0 unspecified atom stereocenters. The van der Waals surface area contributed by atoms with Gasteiger partial charge in [0.25, 0.3) is 0 Å². The fourth-order valence-corrected chi connectivity index (χ4v) is 2.68. The average molecular weight is 471 g/mol. The first-order valence-corrected chi connectivity index (χ1v) is 9.74. The number of carbonyl (C=O) groups excluding carboxylic acids is 2. The lowest BCUT2D eigenvalue weighted by Gasteiger charge is -2.08. The van der Waals surface area contributed by atoms with E-state index in [0.29, 0.717) is 5.56 Å². The Labute approximate surface area is 193 Å². The molecule has 6 nitrogen and oxygen atoms in total. The summed E-state index contributed by atoms with van der Waals surface area (Å²) in [5.41, 5.74) is 2.17. The average Bonchev–Trinajstić information content (AvgIpc) is 2.85. The molecule has 0 aromatic heterocycles. The van der Waals surface area contributed by atoms with Gasteiger partial charge in [-0.3, -0.25) is 0 Å². The number of methoxy groups -OCH3 is 1. The van der Waals surface area contributed by atoms with Crippen molar-refractivity contribution in [1.29, 1.82) is 0 Å². The van der Waals surface area contributed by atoms with Gasteiger partial charge < -0.3 is 19.7 Å². The molecule has 3 aromatic carbocycles. The van der Waals surface area contributed by atoms with Gasteiger partial charge in [-0.25, -0.2) is 4.79 Å². The van der Waals surface area contributed by atoms with E-state index in [0.717, 1.165) is 11.3 Å². The number of hydrogen-bond donors (Lipinski definition) is 1. The topological polar surface area (TPSA) is 89.7 Å². The number of rotatable bonds is 5. The van der Waals surface area contributed by atoms with Crippen LogP contribution in [0.15, 0.2) is 96.7 Å². The predicted octanol–water partition coefficient (Wildman–Crippen LogP) is 3.85. The molecule has 176 valence electrons. The number of ether oxygens (including phenoxy) is 1. The summed E-state index contributed by atoms with van der Waals surface area (Å²) in [7, 11) is 1.30. The van der Waals surface area contributed by atoms with Crippen LogP contribution in [0.4, 0.5) is 18.9 Å². The van der Waals surface area contributed by atoms with Gasteiger partial charge in [0.1, 0.15) is 5.97 Å². The molecule has 0 aliphatic heterocycles. The molecule has 34 heavy (non-hydrogen) atoms. The van der Waals surface area contributed by atoms with Gasteiger partial charge in [-0.05, 0) is 12.1 Å². The summed E-state index contributed by atoms with van der Waals surface area (Å²) < 4.78 is 38.2. The zero-order valence-corrected chi connectivity index (χ0v) is 17.9. The Bertz CT molecular complexity index is 1160. The molecule has 9 heteroatoms. The van der Waals surface area contributed by atoms with Crippen LogP contribution in [-0.2, 0) is 14.3 Å². The van der Waals surface area contributed by atoms with Gasteiger partial charge >= 0.3 is 17.8 Å². The molecule has 0 bridgehead atoms. The number of aliphatic carboxylic acids is 1. The Hall–Kier alpha value is -4.40. The second-order valence-corrected chi connectivity index (χ2v) is 6.59. The SMILES string of the molecule is COC(=O)/C(=C(/O)c1ccccc1)[N+](=Cc1ccccc1)c1ccccc1.O=C([O-])C(F)(F)F. The Kier molecular flexibility index (Phi) is 9.13. The molecule has 0 fully saturated rings. The van der Waals surface area contributed by atoms with E-state index in [-0.39, 0.29) is 11.5 Å². The Morgan fingerprint density at radius 2 is 1.32 bits per heavy atom. The second kappa shape index (κ2) is 12.0. The summed E-state index contributed by atoms with van der Waals surface area (Å²) in [6, 6.07) is 27.9. The summed E-state index contributed by atoms with van der Waals surface area (Å²) in [5.74, 6) is -3.79. The lowest BCUT2D eigenvalue weighted by Crippen LogP contribution is -2.37. The molecule has 0 saturated heterocycles. The van der Waals surface area contributed by atoms with Crippen molar-refractivity contribution in [3.63, 3.8) is 0 Å². The minimum absolute atomic E-state index is 0.0405. The number of para-hydroxylation sites is 1. The molecule has 0 saturated carbocycles. The van der Waals surface area contributed by atoms with Crippen molar-refractivity contribution in [2.45, 2.75) is 6.18 Å². The molecular weight excluding hydrogens is 451 g/mol. The molecule has 0 aliphatic carbocycles. The highest BCUT2D eigenvalue weighted by atomic mass is 19.4. The van der Waals surface area contributed by atoms with Gasteiger partial charge in [0.2, 0.25) is 11.4 Å². The van der Waals surface area contributed by atoms with Crippen molar-refractivity contribution in [2.75, 3.05) is 7.11 Å². The number of alkyl halides is 3. The van der Waals surface area contributed by atoms with E-state index in [1.54, 1.807) is 35.1 Å². The highest BCUT2D eigenvalue weighted by molar-refractivity contribution is 5.95. The number of aliphatic hydroxyl groups is 1. The van der Waals surface area contributed by atoms with E-state index >= 15 is 0 Å². The van der Waals surface area contributed by atoms with Gasteiger partial charge in [0.15, 0.2) is 6.21 Å². The van der Waals surface area contributed by atoms with Gasteiger partial charge in [0, 0.05) is 23.3 Å². The fourth-order valence-electron chi connectivity index (χ4n) is 2.68. The standard InChI is InChI=1S/C23H19NO3.C2HF3O2/c1-27-23(26)21(22(25)19-13-7-3-8-14-19)24(20-15-9-4-10-16-20)17-18-11-5-2-6-12-18;3-2(4,5)1(6)7/h2-17H,1H3;(H,6,7). The third-order valence-corrected chi connectivity index (χ3v) is 4.23. The van der Waals surface area contributed by atoms with Gasteiger partial charge in [-0.1, -0.05) is 66.7 Å². The molecule has 3 aromatic rings. The monoisotopic (exact) mass is 471 g/mol. The van der Waals surface area contributed by atoms with E-state index in [2.05, 4.69) is 0 Å². The number of benzene rings is 3. The lowest BCUT2D eigenvalue weighted by molar-refractivity contribution is -0.375. The number of aliphatic hydroxyl groups excluding tert-OH is 1. The second-order valence-electron chi connectivity index (χ2n) is 6.59. The number of hydrogen-bond acceptors (Lipinski definition) is 5. The van der Waals surface area contributed by atoms with Crippen molar-refractivity contribution in [3.8, 4) is 0 Å². The summed E-state index contributed by atoms with van der Waals surface area (Å²) >= 11 is 0. The van der Waals surface area contributed by atoms with Crippen LogP contribution in [0.2, 0.25) is 0 Å². The molecule has 3 rings (SSSR count). The van der Waals surface area contributed by atoms with Gasteiger partial charge in [-0.15, -0.1) is 0 Å². The molecule has 0 aliphatic rings. The van der Waals surface area contributed by atoms with Crippen molar-refractivity contribution in [3.05, 3.63) is 108 Å². The third-order valence-electron chi connectivity index (χ3n) is 4.23. The fraction of sp³-hybridized carbons (Fsp3) is 0.0800. The first-order chi connectivity index (χ1) is 16.1. The highest BCUT2D eigenvalue weighted by Gasteiger charge is 2.31. The number of halogens is 3. The van der Waals surface area contributed by atoms with E-state index < -0.39 is 18.1 Å². The maximum absolute atomic E-state index is 12.6. The smallest absolute Gasteiger partial charge is 0.430 e. The molecule has 0 heterocycles. The van der Waals surface area contributed by atoms with E-state index in [9.17, 15) is 23.1 Å². The Morgan fingerprint density at radius 1 is 0.882 bits per heavy atom. The van der Waals surface area contributed by atoms with Crippen LogP contribution < -0.4 is 5.11 Å². The molecule has 0 amide bonds. The Morgan fingerprint density at radius 3 is 1.76 bits per heavy atom. The van der Waals surface area contributed by atoms with Crippen LogP contribution in [0.3, 0.4) is 0 Å². The number of nitrogens with zero attached hydrogens (tertiary/aromatic N) is 1.